The van der Waals surface area contributed by atoms with Gasteiger partial charge < -0.3 is 4.74 Å². The Hall–Kier alpha value is -1.11. The molecule has 1 atom stereocenters. The van der Waals surface area contributed by atoms with Crippen molar-refractivity contribution in [2.45, 2.75) is 56.2 Å². The molecule has 2 fully saturated rings. The van der Waals surface area contributed by atoms with Gasteiger partial charge >= 0.3 is 0 Å². The van der Waals surface area contributed by atoms with E-state index in [0.717, 1.165) is 57.4 Å². The molecule has 0 aromatic heterocycles. The van der Waals surface area contributed by atoms with Crippen molar-refractivity contribution in [1.82, 2.24) is 9.62 Å². The Morgan fingerprint density at radius 3 is 2.48 bits per heavy atom. The minimum atomic E-state index is -3.16. The van der Waals surface area contributed by atoms with Gasteiger partial charge in [-0.1, -0.05) is 31.4 Å². The first-order chi connectivity index (χ1) is 12.1. The highest BCUT2D eigenvalue weighted by Crippen LogP contribution is 2.32. The second-order valence-corrected chi connectivity index (χ2v) is 9.21. The van der Waals surface area contributed by atoms with E-state index in [0.29, 0.717) is 12.6 Å². The van der Waals surface area contributed by atoms with Crippen LogP contribution in [-0.2, 0) is 10.0 Å². The van der Waals surface area contributed by atoms with Crippen molar-refractivity contribution in [3.8, 4) is 5.75 Å². The number of ether oxygens (including phenoxy) is 1. The van der Waals surface area contributed by atoms with Crippen molar-refractivity contribution in [3.63, 3.8) is 0 Å². The van der Waals surface area contributed by atoms with E-state index in [-0.39, 0.29) is 5.25 Å². The van der Waals surface area contributed by atoms with Crippen molar-refractivity contribution < 1.29 is 13.2 Å². The van der Waals surface area contributed by atoms with Gasteiger partial charge in [0.1, 0.15) is 5.75 Å². The normalized spacial score (nSPS) is 23.0. The molecule has 25 heavy (non-hydrogen) atoms. The van der Waals surface area contributed by atoms with E-state index < -0.39 is 10.0 Å². The summed E-state index contributed by atoms with van der Waals surface area (Å²) in [6.45, 7) is 2.30. The van der Waals surface area contributed by atoms with E-state index in [4.69, 9.17) is 4.74 Å². The molecule has 6 heteroatoms. The zero-order chi connectivity index (χ0) is 17.7. The zero-order valence-corrected chi connectivity index (χ0v) is 15.9. The van der Waals surface area contributed by atoms with Crippen LogP contribution in [0.25, 0.3) is 0 Å². The molecule has 1 aromatic rings. The average molecular weight is 367 g/mol. The summed E-state index contributed by atoms with van der Waals surface area (Å²) in [5, 5.41) is -0.183. The van der Waals surface area contributed by atoms with Gasteiger partial charge in [-0.3, -0.25) is 4.90 Å². The summed E-state index contributed by atoms with van der Waals surface area (Å²) in [5.41, 5.74) is 1.29. The molecule has 1 heterocycles. The topological polar surface area (TPSA) is 58.6 Å². The van der Waals surface area contributed by atoms with Crippen LogP contribution in [0.5, 0.6) is 5.75 Å². The van der Waals surface area contributed by atoms with Crippen LogP contribution in [0, 0.1) is 0 Å². The smallest absolute Gasteiger partial charge is 0.214 e. The first-order valence-corrected chi connectivity index (χ1v) is 11.0. The first-order valence-electron chi connectivity index (χ1n) is 9.46. The fraction of sp³-hybridized carbons (Fsp3) is 0.684. The number of sulfonamides is 1. The lowest BCUT2D eigenvalue weighted by Gasteiger charge is -2.26. The molecule has 1 aromatic carbocycles. The van der Waals surface area contributed by atoms with Gasteiger partial charge in [-0.25, -0.2) is 13.1 Å². The fourth-order valence-corrected chi connectivity index (χ4v) is 5.69. The van der Waals surface area contributed by atoms with Crippen molar-refractivity contribution in [2.24, 2.45) is 0 Å². The molecule has 0 bridgehead atoms. The second kappa shape index (κ2) is 8.52. The molecule has 1 unspecified atom stereocenters. The van der Waals surface area contributed by atoms with Gasteiger partial charge in [-0.05, 0) is 49.9 Å². The lowest BCUT2D eigenvalue weighted by Crippen LogP contribution is -2.40. The lowest BCUT2D eigenvalue weighted by atomic mass is 10.0. The minimum Gasteiger partial charge on any atom is -0.497 e. The van der Waals surface area contributed by atoms with Gasteiger partial charge in [0.15, 0.2) is 0 Å². The van der Waals surface area contributed by atoms with E-state index in [1.165, 1.54) is 12.0 Å². The second-order valence-electron chi connectivity index (χ2n) is 7.17. The number of hydrogen-bond acceptors (Lipinski definition) is 4. The SMILES string of the molecule is COc1ccc(C2CCCN2CCNS(=O)(=O)C2CCCCC2)cc1. The van der Waals surface area contributed by atoms with Gasteiger partial charge in [0.05, 0.1) is 12.4 Å². The molecule has 0 radical (unpaired) electrons. The molecule has 1 N–H and O–H groups in total. The van der Waals surface area contributed by atoms with Crippen LogP contribution in [0.4, 0.5) is 0 Å². The largest absolute Gasteiger partial charge is 0.497 e. The molecule has 3 rings (SSSR count). The average Bonchev–Trinajstić information content (AvgIpc) is 3.11. The maximum atomic E-state index is 12.4. The molecule has 1 aliphatic heterocycles. The summed E-state index contributed by atoms with van der Waals surface area (Å²) < 4.78 is 33.0. The maximum absolute atomic E-state index is 12.4. The van der Waals surface area contributed by atoms with Crippen LogP contribution in [0.1, 0.15) is 56.6 Å². The van der Waals surface area contributed by atoms with Crippen LogP contribution in [0.15, 0.2) is 24.3 Å². The van der Waals surface area contributed by atoms with E-state index in [1.807, 2.05) is 12.1 Å². The van der Waals surface area contributed by atoms with Crippen molar-refractivity contribution >= 4 is 10.0 Å². The van der Waals surface area contributed by atoms with Crippen molar-refractivity contribution in [1.29, 1.82) is 0 Å². The Morgan fingerprint density at radius 2 is 1.80 bits per heavy atom. The van der Waals surface area contributed by atoms with Crippen molar-refractivity contribution in [3.05, 3.63) is 29.8 Å². The standard InChI is InChI=1S/C19H30N2O3S/c1-24-17-11-9-16(10-12-17)19-8-5-14-21(19)15-13-20-25(22,23)18-6-3-2-4-7-18/h9-12,18-20H,2-8,13-15H2,1H3. The van der Waals surface area contributed by atoms with Crippen LogP contribution in [-0.4, -0.2) is 45.3 Å². The Morgan fingerprint density at radius 1 is 1.08 bits per heavy atom. The van der Waals surface area contributed by atoms with Crippen LogP contribution >= 0.6 is 0 Å². The number of likely N-dealkylation sites (tertiary alicyclic amines) is 1. The summed E-state index contributed by atoms with van der Waals surface area (Å²) in [6.07, 6.45) is 7.16. The maximum Gasteiger partial charge on any atom is 0.214 e. The van der Waals surface area contributed by atoms with Gasteiger partial charge in [-0.15, -0.1) is 0 Å². The Kier molecular flexibility index (Phi) is 6.36. The van der Waals surface area contributed by atoms with Gasteiger partial charge in [-0.2, -0.15) is 0 Å². The minimum absolute atomic E-state index is 0.183. The van der Waals surface area contributed by atoms with Gasteiger partial charge in [0, 0.05) is 19.1 Å². The van der Waals surface area contributed by atoms with Gasteiger partial charge in [0.25, 0.3) is 0 Å². The number of nitrogens with one attached hydrogen (secondary N) is 1. The third kappa shape index (κ3) is 4.74. The van der Waals surface area contributed by atoms with Crippen LogP contribution < -0.4 is 9.46 Å². The fourth-order valence-electron chi connectivity index (χ4n) is 4.12. The highest BCUT2D eigenvalue weighted by molar-refractivity contribution is 7.90. The molecule has 2 aliphatic rings. The molecule has 0 spiro atoms. The molecule has 140 valence electrons. The lowest BCUT2D eigenvalue weighted by molar-refractivity contribution is 0.261. The molecule has 1 saturated carbocycles. The summed E-state index contributed by atoms with van der Waals surface area (Å²) >= 11 is 0. The number of benzene rings is 1. The summed E-state index contributed by atoms with van der Waals surface area (Å²) in [6, 6.07) is 8.61. The predicted octanol–water partition coefficient (Wildman–Crippen LogP) is 3.08. The van der Waals surface area contributed by atoms with E-state index in [2.05, 4.69) is 21.8 Å². The van der Waals surface area contributed by atoms with Crippen molar-refractivity contribution in [2.75, 3.05) is 26.7 Å². The number of hydrogen-bond donors (Lipinski definition) is 1. The highest BCUT2D eigenvalue weighted by atomic mass is 32.2. The van der Waals surface area contributed by atoms with E-state index in [9.17, 15) is 8.42 Å². The molecule has 0 amide bonds. The Bertz CT molecular complexity index is 639. The van der Waals surface area contributed by atoms with E-state index in [1.54, 1.807) is 7.11 Å². The molecule has 1 aliphatic carbocycles. The highest BCUT2D eigenvalue weighted by Gasteiger charge is 2.29. The third-order valence-electron chi connectivity index (χ3n) is 5.56. The predicted molar refractivity (Wildman–Crippen MR) is 100 cm³/mol. The number of methoxy groups -OCH3 is 1. The molecule has 1 saturated heterocycles. The third-order valence-corrected chi connectivity index (χ3v) is 7.51. The monoisotopic (exact) mass is 366 g/mol. The van der Waals surface area contributed by atoms with Crippen LogP contribution in [0.3, 0.4) is 0 Å². The van der Waals surface area contributed by atoms with Crippen LogP contribution in [0.2, 0.25) is 0 Å². The summed E-state index contributed by atoms with van der Waals surface area (Å²) in [5.74, 6) is 0.869. The van der Waals surface area contributed by atoms with Gasteiger partial charge in [0.2, 0.25) is 10.0 Å². The Balaban J connectivity index is 1.53. The zero-order valence-electron chi connectivity index (χ0n) is 15.1. The number of rotatable bonds is 7. The summed E-state index contributed by atoms with van der Waals surface area (Å²) in [7, 11) is -1.48. The summed E-state index contributed by atoms with van der Waals surface area (Å²) in [4.78, 5) is 2.39. The molecular weight excluding hydrogens is 336 g/mol. The quantitative estimate of drug-likeness (QED) is 0.806. The molecule has 5 nitrogen and oxygen atoms in total. The first kappa shape index (κ1) is 18.7. The Labute approximate surface area is 151 Å². The molecular formula is C19H30N2O3S. The van der Waals surface area contributed by atoms with E-state index >= 15 is 0 Å². The number of nitrogens with zero attached hydrogens (tertiary/aromatic N) is 1.